The number of benzene rings is 3. The molecule has 1 amide bonds. The van der Waals surface area contributed by atoms with Crippen LogP contribution in [-0.4, -0.2) is 40.0 Å². The highest BCUT2D eigenvalue weighted by Crippen LogP contribution is 2.37. The molecule has 0 fully saturated rings. The molecule has 1 N–H and O–H groups in total. The first-order valence-electron chi connectivity index (χ1n) is 11.4. The van der Waals surface area contributed by atoms with Gasteiger partial charge in [-0.25, -0.2) is 4.79 Å². The minimum Gasteiger partial charge on any atom is -0.497 e. The number of carbonyl (C=O) groups is 2. The highest BCUT2D eigenvalue weighted by atomic mass is 127. The number of fused-ring (bicyclic) bond motifs is 1. The summed E-state index contributed by atoms with van der Waals surface area (Å²) in [6.07, 6.45) is 2.98. The van der Waals surface area contributed by atoms with Gasteiger partial charge >= 0.3 is 5.97 Å². The number of hydrogen-bond acceptors (Lipinski definition) is 6. The Morgan fingerprint density at radius 3 is 2.58 bits per heavy atom. The molecule has 3 aromatic rings. The summed E-state index contributed by atoms with van der Waals surface area (Å²) in [5, 5.41) is 20.7. The van der Waals surface area contributed by atoms with Crippen molar-refractivity contribution < 1.29 is 29.1 Å². The molecule has 0 unspecified atom stereocenters. The van der Waals surface area contributed by atoms with E-state index in [1.807, 2.05) is 30.3 Å². The molecule has 9 nitrogen and oxygen atoms in total. The maximum Gasteiger partial charge on any atom is 0.326 e. The number of nitro groups is 1. The first kappa shape index (κ1) is 27.8. The van der Waals surface area contributed by atoms with Crippen molar-refractivity contribution in [3.05, 3.63) is 100 Å². The maximum absolute atomic E-state index is 13.1. The zero-order valence-electron chi connectivity index (χ0n) is 20.1. The van der Waals surface area contributed by atoms with Gasteiger partial charge in [0.2, 0.25) is 5.91 Å². The predicted molar refractivity (Wildman–Crippen MR) is 157 cm³/mol. The molecule has 0 radical (unpaired) electrons. The van der Waals surface area contributed by atoms with Crippen molar-refractivity contribution in [1.82, 2.24) is 4.90 Å². The maximum atomic E-state index is 13.1. The molecular formula is C27H22I2N2O7. The van der Waals surface area contributed by atoms with E-state index in [0.29, 0.717) is 17.9 Å². The Kier molecular flexibility index (Phi) is 8.87. The monoisotopic (exact) mass is 740 g/mol. The standard InChI is InChI=1S/C27H22I2N2O7/c1-37-20-4-2-3-17(11-20)15-38-26-22(28)12-18-13-23(27(33)34)30(14-21(18)25(26)29)24(32)10-7-16-5-8-19(9-6-16)31(35)36/h2-12,23H,13-15H2,1H3,(H,33,34)/b10-7+/t23-/m0/s1. The van der Waals surface area contributed by atoms with Crippen LogP contribution in [0.25, 0.3) is 6.08 Å². The van der Waals surface area contributed by atoms with Gasteiger partial charge < -0.3 is 19.5 Å². The largest absolute Gasteiger partial charge is 0.497 e. The molecule has 1 aliphatic heterocycles. The van der Waals surface area contributed by atoms with Crippen LogP contribution >= 0.6 is 45.2 Å². The van der Waals surface area contributed by atoms with Gasteiger partial charge in [-0.05, 0) is 104 Å². The predicted octanol–water partition coefficient (Wildman–Crippen LogP) is 5.44. The second kappa shape index (κ2) is 12.1. The number of carboxylic acids is 1. The van der Waals surface area contributed by atoms with Crippen molar-refractivity contribution in [1.29, 1.82) is 0 Å². The van der Waals surface area contributed by atoms with E-state index in [0.717, 1.165) is 29.6 Å². The molecule has 1 heterocycles. The second-order valence-electron chi connectivity index (χ2n) is 8.49. The summed E-state index contributed by atoms with van der Waals surface area (Å²) in [7, 11) is 1.61. The second-order valence-corrected chi connectivity index (χ2v) is 10.7. The average Bonchev–Trinajstić information content (AvgIpc) is 2.91. The van der Waals surface area contributed by atoms with E-state index in [9.17, 15) is 24.8 Å². The fourth-order valence-electron chi connectivity index (χ4n) is 4.11. The smallest absolute Gasteiger partial charge is 0.326 e. The topological polar surface area (TPSA) is 119 Å². The van der Waals surface area contributed by atoms with E-state index in [4.69, 9.17) is 9.47 Å². The van der Waals surface area contributed by atoms with Gasteiger partial charge in [-0.3, -0.25) is 14.9 Å². The molecule has 0 aromatic heterocycles. The SMILES string of the molecule is COc1cccc(COc2c(I)cc3c(c2I)CN(C(=O)/C=C/c2ccc([N+](=O)[O-])cc2)[C@H](C(=O)O)C3)c1. The minimum atomic E-state index is -1.09. The Bertz CT molecular complexity index is 1420. The first-order valence-corrected chi connectivity index (χ1v) is 13.5. The Balaban J connectivity index is 1.57. The summed E-state index contributed by atoms with van der Waals surface area (Å²) in [4.78, 5) is 36.9. The number of carbonyl (C=O) groups excluding carboxylic acids is 1. The summed E-state index contributed by atoms with van der Waals surface area (Å²) < 4.78 is 13.1. The van der Waals surface area contributed by atoms with Crippen LogP contribution in [0.15, 0.2) is 60.7 Å². The quantitative estimate of drug-likeness (QED) is 0.141. The lowest BCUT2D eigenvalue weighted by Crippen LogP contribution is -2.48. The van der Waals surface area contributed by atoms with E-state index in [-0.39, 0.29) is 18.7 Å². The van der Waals surface area contributed by atoms with Crippen LogP contribution in [0.2, 0.25) is 0 Å². The number of rotatable bonds is 8. The molecule has 3 aromatic carbocycles. The fraction of sp³-hybridized carbons (Fsp3) is 0.185. The summed E-state index contributed by atoms with van der Waals surface area (Å²) in [6, 6.07) is 14.2. The number of non-ortho nitro benzene ring substituents is 1. The van der Waals surface area contributed by atoms with E-state index in [1.165, 1.54) is 41.3 Å². The number of nitro benzene ring substituents is 1. The highest BCUT2D eigenvalue weighted by molar-refractivity contribution is 14.1. The molecule has 0 saturated heterocycles. The summed E-state index contributed by atoms with van der Waals surface area (Å²) >= 11 is 4.37. The van der Waals surface area contributed by atoms with Gasteiger partial charge in [-0.1, -0.05) is 12.1 Å². The van der Waals surface area contributed by atoms with E-state index < -0.39 is 22.8 Å². The third-order valence-electron chi connectivity index (χ3n) is 6.10. The summed E-state index contributed by atoms with van der Waals surface area (Å²) in [5.41, 5.74) is 3.18. The van der Waals surface area contributed by atoms with Crippen LogP contribution in [0, 0.1) is 17.3 Å². The lowest BCUT2D eigenvalue weighted by Gasteiger charge is -2.35. The zero-order chi connectivity index (χ0) is 27.4. The van der Waals surface area contributed by atoms with Crippen molar-refractivity contribution in [3.63, 3.8) is 0 Å². The Labute approximate surface area is 245 Å². The van der Waals surface area contributed by atoms with Gasteiger partial charge in [0.25, 0.3) is 5.69 Å². The number of hydrogen-bond donors (Lipinski definition) is 1. The number of nitrogens with zero attached hydrogens (tertiary/aromatic N) is 2. The molecule has 196 valence electrons. The Morgan fingerprint density at radius 1 is 1.18 bits per heavy atom. The van der Waals surface area contributed by atoms with Crippen LogP contribution in [0.4, 0.5) is 5.69 Å². The van der Waals surface area contributed by atoms with Crippen LogP contribution in [0.1, 0.15) is 22.3 Å². The Morgan fingerprint density at radius 2 is 1.92 bits per heavy atom. The molecule has 0 spiro atoms. The van der Waals surface area contributed by atoms with Crippen molar-refractivity contribution in [2.24, 2.45) is 0 Å². The number of ether oxygens (including phenoxy) is 2. The van der Waals surface area contributed by atoms with E-state index in [2.05, 4.69) is 45.2 Å². The van der Waals surface area contributed by atoms with Gasteiger partial charge in [0, 0.05) is 31.2 Å². The Hall–Kier alpha value is -3.20. The van der Waals surface area contributed by atoms with Gasteiger partial charge in [0.05, 0.1) is 19.2 Å². The van der Waals surface area contributed by atoms with E-state index >= 15 is 0 Å². The third kappa shape index (κ3) is 6.26. The lowest BCUT2D eigenvalue weighted by molar-refractivity contribution is -0.384. The number of amides is 1. The van der Waals surface area contributed by atoms with Crippen LogP contribution in [0.5, 0.6) is 11.5 Å². The van der Waals surface area contributed by atoms with Crippen molar-refractivity contribution in [2.75, 3.05) is 7.11 Å². The highest BCUT2D eigenvalue weighted by Gasteiger charge is 2.35. The van der Waals surface area contributed by atoms with E-state index in [1.54, 1.807) is 7.11 Å². The average molecular weight is 740 g/mol. The van der Waals surface area contributed by atoms with Gasteiger partial charge in [0.15, 0.2) is 0 Å². The van der Waals surface area contributed by atoms with Crippen LogP contribution < -0.4 is 9.47 Å². The number of methoxy groups -OCH3 is 1. The molecule has 0 aliphatic carbocycles. The van der Waals surface area contributed by atoms with Crippen LogP contribution in [0.3, 0.4) is 0 Å². The molecule has 1 aliphatic rings. The molecule has 4 rings (SSSR count). The number of aliphatic carboxylic acids is 1. The van der Waals surface area contributed by atoms with Crippen LogP contribution in [-0.2, 0) is 29.2 Å². The minimum absolute atomic E-state index is 0.0549. The van der Waals surface area contributed by atoms with Gasteiger partial charge in [0.1, 0.15) is 24.1 Å². The molecule has 11 heteroatoms. The summed E-state index contributed by atoms with van der Waals surface area (Å²) in [6.45, 7) is 0.431. The van der Waals surface area contributed by atoms with Gasteiger partial charge in [-0.2, -0.15) is 0 Å². The molecule has 0 saturated carbocycles. The zero-order valence-corrected chi connectivity index (χ0v) is 24.4. The number of halogens is 2. The molecule has 1 atom stereocenters. The molecule has 38 heavy (non-hydrogen) atoms. The van der Waals surface area contributed by atoms with Crippen molar-refractivity contribution in [2.45, 2.75) is 25.6 Å². The number of carboxylic acid groups (broad SMARTS) is 1. The summed E-state index contributed by atoms with van der Waals surface area (Å²) in [5.74, 6) is -0.141. The molecular weight excluding hydrogens is 718 g/mol. The fourth-order valence-corrected chi connectivity index (χ4v) is 6.39. The normalized spacial score (nSPS) is 14.7. The van der Waals surface area contributed by atoms with Crippen molar-refractivity contribution in [3.8, 4) is 11.5 Å². The molecule has 0 bridgehead atoms. The van der Waals surface area contributed by atoms with Crippen molar-refractivity contribution >= 4 is 68.8 Å². The lowest BCUT2D eigenvalue weighted by atomic mass is 9.93. The van der Waals surface area contributed by atoms with Gasteiger partial charge in [-0.15, -0.1) is 0 Å². The first-order chi connectivity index (χ1) is 18.2. The third-order valence-corrected chi connectivity index (χ3v) is 8.04.